The van der Waals surface area contributed by atoms with E-state index in [0.717, 1.165) is 3.97 Å². The Kier molecular flexibility index (Phi) is 4.51. The molecule has 0 spiro atoms. The quantitative estimate of drug-likeness (QED) is 0.519. The van der Waals surface area contributed by atoms with Crippen molar-refractivity contribution in [3.05, 3.63) is 71.1 Å². The van der Waals surface area contributed by atoms with Gasteiger partial charge in [0.15, 0.2) is 11.6 Å². The minimum absolute atomic E-state index is 0.0996. The standard InChI is InChI=1S/C19H12ClF2N3O3S/c1-10-8-23-9-15(24-10)17-5-11-4-12(20)2-3-16(11)25(17)29(27,28)18-7-13(21)6-14(22)19(18)26/h2-9,26H,1H3. The number of hydrogen-bond acceptors (Lipinski definition) is 5. The summed E-state index contributed by atoms with van der Waals surface area (Å²) in [6.07, 6.45) is 2.86. The van der Waals surface area contributed by atoms with Crippen LogP contribution in [-0.4, -0.2) is 27.5 Å². The van der Waals surface area contributed by atoms with Gasteiger partial charge in [-0.3, -0.25) is 4.98 Å². The van der Waals surface area contributed by atoms with Gasteiger partial charge in [-0.1, -0.05) is 11.6 Å². The predicted octanol–water partition coefficient (Wildman–Crippen LogP) is 4.28. The lowest BCUT2D eigenvalue weighted by atomic mass is 10.2. The fraction of sp³-hybridized carbons (Fsp3) is 0.0526. The summed E-state index contributed by atoms with van der Waals surface area (Å²) in [5, 5.41) is 10.8. The molecule has 2 aromatic carbocycles. The van der Waals surface area contributed by atoms with Gasteiger partial charge in [-0.2, -0.15) is 0 Å². The van der Waals surface area contributed by atoms with Crippen LogP contribution in [0.5, 0.6) is 5.75 Å². The number of aromatic nitrogens is 3. The average Bonchev–Trinajstić information content (AvgIpc) is 3.04. The van der Waals surface area contributed by atoms with E-state index in [1.54, 1.807) is 13.0 Å². The monoisotopic (exact) mass is 435 g/mol. The summed E-state index contributed by atoms with van der Waals surface area (Å²) in [6.45, 7) is 1.68. The van der Waals surface area contributed by atoms with E-state index < -0.39 is 32.3 Å². The van der Waals surface area contributed by atoms with Crippen molar-refractivity contribution < 1.29 is 22.3 Å². The van der Waals surface area contributed by atoms with Crippen molar-refractivity contribution >= 4 is 32.5 Å². The number of hydrogen-bond donors (Lipinski definition) is 1. The highest BCUT2D eigenvalue weighted by Crippen LogP contribution is 2.36. The molecular weight excluding hydrogens is 424 g/mol. The highest BCUT2D eigenvalue weighted by molar-refractivity contribution is 7.90. The second-order valence-electron chi connectivity index (χ2n) is 6.28. The molecule has 29 heavy (non-hydrogen) atoms. The largest absolute Gasteiger partial charge is 0.504 e. The van der Waals surface area contributed by atoms with Crippen LogP contribution in [0, 0.1) is 18.6 Å². The fourth-order valence-corrected chi connectivity index (χ4v) is 4.83. The van der Waals surface area contributed by atoms with Gasteiger partial charge in [0.1, 0.15) is 16.4 Å². The summed E-state index contributed by atoms with van der Waals surface area (Å²) in [6, 6.07) is 6.95. The van der Waals surface area contributed by atoms with Gasteiger partial charge in [-0.25, -0.2) is 26.2 Å². The van der Waals surface area contributed by atoms with E-state index in [4.69, 9.17) is 11.6 Å². The van der Waals surface area contributed by atoms with Crippen LogP contribution in [-0.2, 0) is 10.0 Å². The maximum absolute atomic E-state index is 13.9. The van der Waals surface area contributed by atoms with Crippen molar-refractivity contribution in [1.82, 2.24) is 13.9 Å². The summed E-state index contributed by atoms with van der Waals surface area (Å²) in [5.74, 6) is -3.71. The average molecular weight is 436 g/mol. The lowest BCUT2D eigenvalue weighted by molar-refractivity contribution is 0.411. The van der Waals surface area contributed by atoms with E-state index in [-0.39, 0.29) is 16.9 Å². The topological polar surface area (TPSA) is 85.1 Å². The Hall–Kier alpha value is -3.04. The van der Waals surface area contributed by atoms with Crippen molar-refractivity contribution in [2.45, 2.75) is 11.8 Å². The number of fused-ring (bicyclic) bond motifs is 1. The molecule has 0 aliphatic rings. The molecule has 6 nitrogen and oxygen atoms in total. The van der Waals surface area contributed by atoms with E-state index in [1.807, 2.05) is 0 Å². The zero-order chi connectivity index (χ0) is 20.9. The van der Waals surface area contributed by atoms with Crippen molar-refractivity contribution in [2.24, 2.45) is 0 Å². The molecule has 0 bridgehead atoms. The smallest absolute Gasteiger partial charge is 0.272 e. The molecule has 4 aromatic rings. The highest BCUT2D eigenvalue weighted by atomic mass is 35.5. The lowest BCUT2D eigenvalue weighted by Gasteiger charge is -2.13. The Morgan fingerprint density at radius 2 is 1.86 bits per heavy atom. The molecule has 0 saturated carbocycles. The molecule has 0 aliphatic heterocycles. The molecule has 0 radical (unpaired) electrons. The first kappa shape index (κ1) is 19.3. The van der Waals surface area contributed by atoms with Crippen LogP contribution in [0.25, 0.3) is 22.3 Å². The third kappa shape index (κ3) is 3.22. The number of phenols is 1. The summed E-state index contributed by atoms with van der Waals surface area (Å²) in [4.78, 5) is 7.41. The normalized spacial score (nSPS) is 11.9. The predicted molar refractivity (Wildman–Crippen MR) is 103 cm³/mol. The molecule has 10 heteroatoms. The molecule has 2 heterocycles. The first-order valence-corrected chi connectivity index (χ1v) is 10.0. The van der Waals surface area contributed by atoms with Crippen LogP contribution < -0.4 is 0 Å². The minimum atomic E-state index is -4.63. The number of rotatable bonds is 3. The number of aryl methyl sites for hydroxylation is 1. The SMILES string of the molecule is Cc1cncc(-c2cc3cc(Cl)ccc3n2S(=O)(=O)c2cc(F)cc(F)c2O)n1. The molecule has 1 N–H and O–H groups in total. The van der Waals surface area contributed by atoms with Gasteiger partial charge >= 0.3 is 0 Å². The van der Waals surface area contributed by atoms with Crippen LogP contribution in [0.15, 0.2) is 53.7 Å². The number of benzene rings is 2. The van der Waals surface area contributed by atoms with Crippen molar-refractivity contribution in [2.75, 3.05) is 0 Å². The van der Waals surface area contributed by atoms with Crippen molar-refractivity contribution in [1.29, 1.82) is 0 Å². The summed E-state index contributed by atoms with van der Waals surface area (Å²) in [7, 11) is -4.63. The van der Waals surface area contributed by atoms with E-state index in [0.29, 0.717) is 28.2 Å². The van der Waals surface area contributed by atoms with Crippen LogP contribution in [0.2, 0.25) is 5.02 Å². The third-order valence-electron chi connectivity index (χ3n) is 4.25. The van der Waals surface area contributed by atoms with Gasteiger partial charge in [-0.05, 0) is 37.3 Å². The molecule has 0 amide bonds. The molecule has 0 atom stereocenters. The van der Waals surface area contributed by atoms with Crippen LogP contribution in [0.1, 0.15) is 5.69 Å². The summed E-state index contributed by atoms with van der Waals surface area (Å²) < 4.78 is 55.2. The number of aromatic hydroxyl groups is 1. The van der Waals surface area contributed by atoms with Crippen LogP contribution in [0.4, 0.5) is 8.78 Å². The Bertz CT molecular complexity index is 1390. The Morgan fingerprint density at radius 1 is 1.10 bits per heavy atom. The first-order valence-electron chi connectivity index (χ1n) is 8.22. The zero-order valence-corrected chi connectivity index (χ0v) is 16.3. The molecule has 0 aliphatic carbocycles. The Labute approximate surface area is 169 Å². The summed E-state index contributed by atoms with van der Waals surface area (Å²) >= 11 is 6.02. The molecule has 0 fully saturated rings. The third-order valence-corrected chi connectivity index (χ3v) is 6.22. The van der Waals surface area contributed by atoms with Gasteiger partial charge in [0.05, 0.1) is 23.1 Å². The molecule has 148 valence electrons. The van der Waals surface area contributed by atoms with E-state index in [1.165, 1.54) is 30.6 Å². The second kappa shape index (κ2) is 6.78. The Morgan fingerprint density at radius 3 is 2.59 bits per heavy atom. The van der Waals surface area contributed by atoms with E-state index in [2.05, 4.69) is 9.97 Å². The molecule has 0 saturated heterocycles. The number of nitrogens with zero attached hydrogens (tertiary/aromatic N) is 3. The second-order valence-corrected chi connectivity index (χ2v) is 8.47. The minimum Gasteiger partial charge on any atom is -0.504 e. The van der Waals surface area contributed by atoms with Gasteiger partial charge < -0.3 is 5.11 Å². The van der Waals surface area contributed by atoms with Gasteiger partial charge in [0.25, 0.3) is 10.0 Å². The highest BCUT2D eigenvalue weighted by Gasteiger charge is 2.29. The van der Waals surface area contributed by atoms with Gasteiger partial charge in [0.2, 0.25) is 0 Å². The summed E-state index contributed by atoms with van der Waals surface area (Å²) in [5.41, 5.74) is 1.05. The molecular formula is C19H12ClF2N3O3S. The number of halogens is 3. The lowest BCUT2D eigenvalue weighted by Crippen LogP contribution is -2.15. The van der Waals surface area contributed by atoms with Gasteiger partial charge in [0, 0.05) is 22.7 Å². The fourth-order valence-electron chi connectivity index (χ4n) is 3.02. The first-order chi connectivity index (χ1) is 13.7. The maximum atomic E-state index is 13.9. The van der Waals surface area contributed by atoms with Crippen molar-refractivity contribution in [3.8, 4) is 17.1 Å². The van der Waals surface area contributed by atoms with E-state index in [9.17, 15) is 22.3 Å². The molecule has 0 unspecified atom stereocenters. The Balaban J connectivity index is 2.11. The maximum Gasteiger partial charge on any atom is 0.272 e. The van der Waals surface area contributed by atoms with Crippen LogP contribution in [0.3, 0.4) is 0 Å². The van der Waals surface area contributed by atoms with Crippen molar-refractivity contribution in [3.63, 3.8) is 0 Å². The number of phenolic OH excluding ortho intramolecular Hbond substituents is 1. The van der Waals surface area contributed by atoms with E-state index >= 15 is 0 Å². The molecule has 2 aromatic heterocycles. The van der Waals surface area contributed by atoms with Gasteiger partial charge in [-0.15, -0.1) is 0 Å². The molecule has 4 rings (SSSR count). The zero-order valence-electron chi connectivity index (χ0n) is 14.8. The van der Waals surface area contributed by atoms with Crippen LogP contribution >= 0.6 is 11.6 Å².